The minimum absolute atomic E-state index is 0.379. The second-order valence-electron chi connectivity index (χ2n) is 4.13. The Hall–Kier alpha value is -0.900. The Balaban J connectivity index is 2.07. The van der Waals surface area contributed by atoms with Gasteiger partial charge in [-0.15, -0.1) is 5.10 Å². The number of aliphatic hydroxyl groups is 1. The van der Waals surface area contributed by atoms with Crippen molar-refractivity contribution in [2.75, 3.05) is 0 Å². The highest BCUT2D eigenvalue weighted by atomic mass is 16.3. The van der Waals surface area contributed by atoms with Crippen LogP contribution in [-0.4, -0.2) is 20.1 Å². The standard InChI is InChI=1S/C10H17N3O/c1-13-9(7-11-12-13)10(14)8-5-3-2-4-6-8/h7-8,10,14H,2-6H2,1H3. The number of hydrogen-bond acceptors (Lipinski definition) is 3. The lowest BCUT2D eigenvalue weighted by atomic mass is 9.84. The number of aliphatic hydroxyl groups excluding tert-OH is 1. The highest BCUT2D eigenvalue weighted by Gasteiger charge is 2.25. The number of aryl methyl sites for hydroxylation is 1. The molecule has 0 radical (unpaired) electrons. The summed E-state index contributed by atoms with van der Waals surface area (Å²) in [5.41, 5.74) is 0.844. The molecule has 1 unspecified atom stereocenters. The van der Waals surface area contributed by atoms with Crippen LogP contribution in [0, 0.1) is 5.92 Å². The summed E-state index contributed by atoms with van der Waals surface area (Å²) < 4.78 is 1.67. The average Bonchev–Trinajstić information content (AvgIpc) is 2.65. The maximum absolute atomic E-state index is 10.1. The van der Waals surface area contributed by atoms with Crippen molar-refractivity contribution in [1.82, 2.24) is 15.0 Å². The number of rotatable bonds is 2. The van der Waals surface area contributed by atoms with Crippen molar-refractivity contribution in [3.8, 4) is 0 Å². The van der Waals surface area contributed by atoms with E-state index >= 15 is 0 Å². The maximum Gasteiger partial charge on any atom is 0.100 e. The summed E-state index contributed by atoms with van der Waals surface area (Å²) in [4.78, 5) is 0. The highest BCUT2D eigenvalue weighted by Crippen LogP contribution is 2.33. The minimum Gasteiger partial charge on any atom is -0.386 e. The third-order valence-corrected chi connectivity index (χ3v) is 3.15. The van der Waals surface area contributed by atoms with Crippen LogP contribution in [0.5, 0.6) is 0 Å². The Bertz CT molecular complexity index is 291. The van der Waals surface area contributed by atoms with Crippen LogP contribution in [0.2, 0.25) is 0 Å². The zero-order chi connectivity index (χ0) is 9.97. The molecule has 78 valence electrons. The van der Waals surface area contributed by atoms with E-state index in [1.165, 1.54) is 19.3 Å². The van der Waals surface area contributed by atoms with Gasteiger partial charge in [0.1, 0.15) is 6.10 Å². The van der Waals surface area contributed by atoms with Crippen LogP contribution in [-0.2, 0) is 7.05 Å². The predicted molar refractivity (Wildman–Crippen MR) is 52.5 cm³/mol. The molecule has 0 amide bonds. The van der Waals surface area contributed by atoms with E-state index in [-0.39, 0.29) is 6.10 Å². The van der Waals surface area contributed by atoms with Gasteiger partial charge in [-0.1, -0.05) is 24.5 Å². The van der Waals surface area contributed by atoms with Crippen LogP contribution < -0.4 is 0 Å². The van der Waals surface area contributed by atoms with Gasteiger partial charge in [0.25, 0.3) is 0 Å². The molecule has 0 aliphatic heterocycles. The van der Waals surface area contributed by atoms with E-state index < -0.39 is 0 Å². The van der Waals surface area contributed by atoms with Gasteiger partial charge >= 0.3 is 0 Å². The minimum atomic E-state index is -0.379. The molecule has 0 spiro atoms. The molecule has 0 saturated heterocycles. The average molecular weight is 195 g/mol. The monoisotopic (exact) mass is 195 g/mol. The molecule has 1 fully saturated rings. The van der Waals surface area contributed by atoms with Gasteiger partial charge in [0, 0.05) is 7.05 Å². The maximum atomic E-state index is 10.1. The Kier molecular flexibility index (Phi) is 2.82. The van der Waals surface area contributed by atoms with Gasteiger partial charge in [0.15, 0.2) is 0 Å². The Morgan fingerprint density at radius 1 is 1.43 bits per heavy atom. The molecule has 1 N–H and O–H groups in total. The molecule has 1 aliphatic rings. The molecular weight excluding hydrogens is 178 g/mol. The normalized spacial score (nSPS) is 21.0. The van der Waals surface area contributed by atoms with Crippen molar-refractivity contribution in [3.63, 3.8) is 0 Å². The molecule has 1 heterocycles. The molecule has 0 aromatic carbocycles. The summed E-state index contributed by atoms with van der Waals surface area (Å²) in [5.74, 6) is 0.404. The molecule has 4 heteroatoms. The molecule has 1 atom stereocenters. The summed E-state index contributed by atoms with van der Waals surface area (Å²) in [7, 11) is 1.83. The zero-order valence-electron chi connectivity index (χ0n) is 8.56. The lowest BCUT2D eigenvalue weighted by Crippen LogP contribution is -2.18. The SMILES string of the molecule is Cn1nncc1C(O)C1CCCCC1. The molecule has 2 rings (SSSR count). The third-order valence-electron chi connectivity index (χ3n) is 3.15. The van der Waals surface area contributed by atoms with E-state index in [4.69, 9.17) is 0 Å². The van der Waals surface area contributed by atoms with Gasteiger partial charge in [-0.2, -0.15) is 0 Å². The van der Waals surface area contributed by atoms with Gasteiger partial charge in [-0.25, -0.2) is 4.68 Å². The second kappa shape index (κ2) is 4.09. The van der Waals surface area contributed by atoms with Crippen LogP contribution in [0.15, 0.2) is 6.20 Å². The summed E-state index contributed by atoms with van der Waals surface area (Å²) in [5, 5.41) is 17.7. The first-order valence-electron chi connectivity index (χ1n) is 5.31. The van der Waals surface area contributed by atoms with E-state index in [1.54, 1.807) is 10.9 Å². The molecule has 14 heavy (non-hydrogen) atoms. The van der Waals surface area contributed by atoms with E-state index in [0.717, 1.165) is 18.5 Å². The Labute approximate surface area is 83.9 Å². The second-order valence-corrected chi connectivity index (χ2v) is 4.13. The van der Waals surface area contributed by atoms with Crippen LogP contribution in [0.4, 0.5) is 0 Å². The van der Waals surface area contributed by atoms with Gasteiger partial charge in [0.05, 0.1) is 11.9 Å². The van der Waals surface area contributed by atoms with E-state index in [0.29, 0.717) is 5.92 Å². The molecule has 1 saturated carbocycles. The van der Waals surface area contributed by atoms with Crippen LogP contribution in [0.1, 0.15) is 43.9 Å². The van der Waals surface area contributed by atoms with Crippen molar-refractivity contribution in [2.45, 2.75) is 38.2 Å². The third kappa shape index (κ3) is 1.80. The summed E-state index contributed by atoms with van der Waals surface area (Å²) in [6.07, 6.45) is 7.35. The van der Waals surface area contributed by atoms with Crippen molar-refractivity contribution in [2.24, 2.45) is 13.0 Å². The van der Waals surface area contributed by atoms with Crippen molar-refractivity contribution in [3.05, 3.63) is 11.9 Å². The molecular formula is C10H17N3O. The van der Waals surface area contributed by atoms with E-state index in [1.807, 2.05) is 7.05 Å². The van der Waals surface area contributed by atoms with Crippen LogP contribution in [0.25, 0.3) is 0 Å². The summed E-state index contributed by atoms with van der Waals surface area (Å²) in [6.45, 7) is 0. The Morgan fingerprint density at radius 3 is 2.71 bits per heavy atom. The number of nitrogens with zero attached hydrogens (tertiary/aromatic N) is 3. The van der Waals surface area contributed by atoms with Gasteiger partial charge in [-0.3, -0.25) is 0 Å². The fourth-order valence-electron chi connectivity index (χ4n) is 2.26. The van der Waals surface area contributed by atoms with E-state index in [2.05, 4.69) is 10.3 Å². The Morgan fingerprint density at radius 2 is 2.14 bits per heavy atom. The van der Waals surface area contributed by atoms with Crippen molar-refractivity contribution >= 4 is 0 Å². The van der Waals surface area contributed by atoms with Gasteiger partial charge < -0.3 is 5.11 Å². The van der Waals surface area contributed by atoms with Crippen molar-refractivity contribution in [1.29, 1.82) is 0 Å². The first-order chi connectivity index (χ1) is 6.79. The van der Waals surface area contributed by atoms with E-state index in [9.17, 15) is 5.11 Å². The fraction of sp³-hybridized carbons (Fsp3) is 0.800. The van der Waals surface area contributed by atoms with Crippen molar-refractivity contribution < 1.29 is 5.11 Å². The topological polar surface area (TPSA) is 50.9 Å². The molecule has 1 aromatic heterocycles. The summed E-state index contributed by atoms with van der Waals surface area (Å²) in [6, 6.07) is 0. The van der Waals surface area contributed by atoms with Gasteiger partial charge in [-0.05, 0) is 18.8 Å². The smallest absolute Gasteiger partial charge is 0.100 e. The number of aromatic nitrogens is 3. The van der Waals surface area contributed by atoms with Crippen LogP contribution in [0.3, 0.4) is 0 Å². The van der Waals surface area contributed by atoms with Gasteiger partial charge in [0.2, 0.25) is 0 Å². The highest BCUT2D eigenvalue weighted by molar-refractivity contribution is 5.00. The first kappa shape index (κ1) is 9.65. The molecule has 4 nitrogen and oxygen atoms in total. The fourth-order valence-corrected chi connectivity index (χ4v) is 2.26. The summed E-state index contributed by atoms with van der Waals surface area (Å²) >= 11 is 0. The molecule has 0 bridgehead atoms. The first-order valence-corrected chi connectivity index (χ1v) is 5.31. The predicted octanol–water partition coefficient (Wildman–Crippen LogP) is 1.43. The quantitative estimate of drug-likeness (QED) is 0.776. The lowest BCUT2D eigenvalue weighted by Gasteiger charge is -2.26. The lowest BCUT2D eigenvalue weighted by molar-refractivity contribution is 0.0777. The molecule has 1 aliphatic carbocycles. The zero-order valence-corrected chi connectivity index (χ0v) is 8.56. The largest absolute Gasteiger partial charge is 0.386 e. The van der Waals surface area contributed by atoms with Crippen LogP contribution >= 0.6 is 0 Å². The number of hydrogen-bond donors (Lipinski definition) is 1. The molecule has 1 aromatic rings.